The zero-order chi connectivity index (χ0) is 12.8. The van der Waals surface area contributed by atoms with Crippen LogP contribution in [0.5, 0.6) is 0 Å². The molecular formula is C14H15BrN2O. The van der Waals surface area contributed by atoms with E-state index in [4.69, 9.17) is 5.11 Å². The molecule has 94 valence electrons. The molecule has 3 nitrogen and oxygen atoms in total. The van der Waals surface area contributed by atoms with Gasteiger partial charge in [0.2, 0.25) is 0 Å². The summed E-state index contributed by atoms with van der Waals surface area (Å²) in [7, 11) is 0. The van der Waals surface area contributed by atoms with E-state index in [1.54, 1.807) is 0 Å². The molecule has 0 saturated carbocycles. The van der Waals surface area contributed by atoms with Crippen LogP contribution in [-0.2, 0) is 6.54 Å². The smallest absolute Gasteiger partial charge is 0.130 e. The Morgan fingerprint density at radius 1 is 1.06 bits per heavy atom. The van der Waals surface area contributed by atoms with E-state index in [-0.39, 0.29) is 6.61 Å². The molecule has 2 rings (SSSR count). The van der Waals surface area contributed by atoms with E-state index in [2.05, 4.69) is 37.9 Å². The van der Waals surface area contributed by atoms with Gasteiger partial charge in [-0.25, -0.2) is 4.98 Å². The van der Waals surface area contributed by atoms with E-state index in [0.29, 0.717) is 6.54 Å². The highest BCUT2D eigenvalue weighted by molar-refractivity contribution is 9.10. The van der Waals surface area contributed by atoms with Gasteiger partial charge in [-0.05, 0) is 33.6 Å². The molecule has 0 amide bonds. The molecular weight excluding hydrogens is 292 g/mol. The third-order valence-electron chi connectivity index (χ3n) is 2.61. The van der Waals surface area contributed by atoms with E-state index in [9.17, 15) is 0 Å². The fourth-order valence-electron chi connectivity index (χ4n) is 1.77. The van der Waals surface area contributed by atoms with Crippen molar-refractivity contribution in [3.63, 3.8) is 0 Å². The summed E-state index contributed by atoms with van der Waals surface area (Å²) >= 11 is 3.37. The zero-order valence-corrected chi connectivity index (χ0v) is 11.5. The molecule has 0 fully saturated rings. The van der Waals surface area contributed by atoms with Crippen LogP contribution < -0.4 is 4.90 Å². The van der Waals surface area contributed by atoms with Crippen LogP contribution in [0, 0.1) is 0 Å². The highest BCUT2D eigenvalue weighted by atomic mass is 79.9. The first-order valence-electron chi connectivity index (χ1n) is 5.82. The van der Waals surface area contributed by atoms with Crippen molar-refractivity contribution in [2.75, 3.05) is 18.1 Å². The summed E-state index contributed by atoms with van der Waals surface area (Å²) < 4.78 is 0.802. The predicted molar refractivity (Wildman–Crippen MR) is 76.5 cm³/mol. The summed E-state index contributed by atoms with van der Waals surface area (Å²) in [6, 6.07) is 16.0. The maximum absolute atomic E-state index is 9.16. The molecule has 0 aliphatic carbocycles. The van der Waals surface area contributed by atoms with Gasteiger partial charge in [-0.1, -0.05) is 36.4 Å². The van der Waals surface area contributed by atoms with Gasteiger partial charge in [-0.15, -0.1) is 0 Å². The van der Waals surface area contributed by atoms with Crippen LogP contribution in [0.2, 0.25) is 0 Å². The van der Waals surface area contributed by atoms with Gasteiger partial charge in [-0.3, -0.25) is 0 Å². The topological polar surface area (TPSA) is 36.4 Å². The third kappa shape index (κ3) is 3.55. The number of aromatic nitrogens is 1. The number of benzene rings is 1. The van der Waals surface area contributed by atoms with Crippen LogP contribution in [-0.4, -0.2) is 23.2 Å². The molecule has 4 heteroatoms. The van der Waals surface area contributed by atoms with Crippen LogP contribution in [0.1, 0.15) is 5.56 Å². The van der Waals surface area contributed by atoms with Gasteiger partial charge in [0.25, 0.3) is 0 Å². The molecule has 0 bridgehead atoms. The summed E-state index contributed by atoms with van der Waals surface area (Å²) in [5.41, 5.74) is 1.20. The van der Waals surface area contributed by atoms with Crippen LogP contribution in [0.3, 0.4) is 0 Å². The Balaban J connectivity index is 2.18. The molecule has 0 unspecified atom stereocenters. The molecule has 0 radical (unpaired) electrons. The van der Waals surface area contributed by atoms with Gasteiger partial charge in [-0.2, -0.15) is 0 Å². The molecule has 1 heterocycles. The number of aliphatic hydroxyl groups excluding tert-OH is 1. The molecule has 0 saturated heterocycles. The number of hydrogen-bond donors (Lipinski definition) is 1. The minimum atomic E-state index is 0.112. The van der Waals surface area contributed by atoms with Crippen LogP contribution in [0.4, 0.5) is 5.82 Å². The van der Waals surface area contributed by atoms with Crippen molar-refractivity contribution >= 4 is 21.7 Å². The quantitative estimate of drug-likeness (QED) is 0.863. The summed E-state index contributed by atoms with van der Waals surface area (Å²) in [6.07, 6.45) is 0. The van der Waals surface area contributed by atoms with Crippen LogP contribution >= 0.6 is 15.9 Å². The third-order valence-corrected chi connectivity index (χ3v) is 3.05. The monoisotopic (exact) mass is 306 g/mol. The van der Waals surface area contributed by atoms with Crippen molar-refractivity contribution in [3.05, 3.63) is 58.7 Å². The minimum Gasteiger partial charge on any atom is -0.395 e. The maximum Gasteiger partial charge on any atom is 0.130 e. The van der Waals surface area contributed by atoms with Gasteiger partial charge in [0, 0.05) is 13.1 Å². The Hall–Kier alpha value is -1.39. The van der Waals surface area contributed by atoms with E-state index >= 15 is 0 Å². The SMILES string of the molecule is OCCN(Cc1ccccc1)c1cccc(Br)n1. The summed E-state index contributed by atoms with van der Waals surface area (Å²) in [4.78, 5) is 6.48. The molecule has 1 aromatic heterocycles. The Bertz CT molecular complexity index is 490. The average Bonchev–Trinajstić information content (AvgIpc) is 2.39. The lowest BCUT2D eigenvalue weighted by Crippen LogP contribution is -2.26. The van der Waals surface area contributed by atoms with Crippen molar-refractivity contribution in [2.45, 2.75) is 6.54 Å². The first kappa shape index (κ1) is 13.1. The lowest BCUT2D eigenvalue weighted by Gasteiger charge is -2.23. The van der Waals surface area contributed by atoms with E-state index in [1.165, 1.54) is 5.56 Å². The Morgan fingerprint density at radius 2 is 1.83 bits per heavy atom. The molecule has 18 heavy (non-hydrogen) atoms. The lowest BCUT2D eigenvalue weighted by molar-refractivity contribution is 0.301. The van der Waals surface area contributed by atoms with Crippen molar-refractivity contribution in [1.82, 2.24) is 4.98 Å². The summed E-state index contributed by atoms with van der Waals surface area (Å²) in [5.74, 6) is 0.863. The molecule has 0 aliphatic rings. The number of halogens is 1. The second kappa shape index (κ2) is 6.52. The highest BCUT2D eigenvalue weighted by Crippen LogP contribution is 2.17. The fourth-order valence-corrected chi connectivity index (χ4v) is 2.11. The van der Waals surface area contributed by atoms with Crippen LogP contribution in [0.25, 0.3) is 0 Å². The van der Waals surface area contributed by atoms with E-state index in [1.807, 2.05) is 36.4 Å². The molecule has 1 N–H and O–H groups in total. The van der Waals surface area contributed by atoms with Crippen LogP contribution in [0.15, 0.2) is 53.1 Å². The normalized spacial score (nSPS) is 10.3. The standard InChI is InChI=1S/C14H15BrN2O/c15-13-7-4-8-14(16-13)17(9-10-18)11-12-5-2-1-3-6-12/h1-8,18H,9-11H2. The van der Waals surface area contributed by atoms with Crippen molar-refractivity contribution in [3.8, 4) is 0 Å². The first-order valence-corrected chi connectivity index (χ1v) is 6.61. The fraction of sp³-hybridized carbons (Fsp3) is 0.214. The Morgan fingerprint density at radius 3 is 2.50 bits per heavy atom. The first-order chi connectivity index (χ1) is 8.79. The van der Waals surface area contributed by atoms with Gasteiger partial charge in [0.05, 0.1) is 6.61 Å². The predicted octanol–water partition coefficient (Wildman–Crippen LogP) is 2.84. The minimum absolute atomic E-state index is 0.112. The molecule has 0 atom stereocenters. The number of anilines is 1. The Labute approximate surface area is 115 Å². The number of hydrogen-bond acceptors (Lipinski definition) is 3. The number of aliphatic hydroxyl groups is 1. The molecule has 1 aromatic carbocycles. The average molecular weight is 307 g/mol. The number of pyridine rings is 1. The van der Waals surface area contributed by atoms with Gasteiger partial charge in [0.15, 0.2) is 0 Å². The molecule has 0 aliphatic heterocycles. The Kier molecular flexibility index (Phi) is 4.73. The number of rotatable bonds is 5. The lowest BCUT2D eigenvalue weighted by atomic mass is 10.2. The highest BCUT2D eigenvalue weighted by Gasteiger charge is 2.08. The number of nitrogens with zero attached hydrogens (tertiary/aromatic N) is 2. The summed E-state index contributed by atoms with van der Waals surface area (Å²) in [6.45, 7) is 1.42. The summed E-state index contributed by atoms with van der Waals surface area (Å²) in [5, 5.41) is 9.16. The maximum atomic E-state index is 9.16. The van der Waals surface area contributed by atoms with Gasteiger partial charge < -0.3 is 10.0 Å². The van der Waals surface area contributed by atoms with Crippen molar-refractivity contribution in [1.29, 1.82) is 0 Å². The van der Waals surface area contributed by atoms with Gasteiger partial charge >= 0.3 is 0 Å². The van der Waals surface area contributed by atoms with Crippen molar-refractivity contribution in [2.24, 2.45) is 0 Å². The van der Waals surface area contributed by atoms with E-state index < -0.39 is 0 Å². The molecule has 2 aromatic rings. The second-order valence-electron chi connectivity index (χ2n) is 3.95. The van der Waals surface area contributed by atoms with E-state index in [0.717, 1.165) is 17.0 Å². The largest absolute Gasteiger partial charge is 0.395 e. The zero-order valence-electron chi connectivity index (χ0n) is 9.96. The second-order valence-corrected chi connectivity index (χ2v) is 4.76. The van der Waals surface area contributed by atoms with Crippen molar-refractivity contribution < 1.29 is 5.11 Å². The van der Waals surface area contributed by atoms with Gasteiger partial charge in [0.1, 0.15) is 10.4 Å². The molecule has 0 spiro atoms.